The molecule has 2 aliphatic carbocycles. The lowest BCUT2D eigenvalue weighted by Gasteiger charge is -2.37. The molecule has 3 fully saturated rings. The minimum atomic E-state index is 0.156. The maximum atomic E-state index is 13.0. The number of ether oxygens (including phenoxy) is 1. The molecule has 5 rings (SSSR count). The first-order chi connectivity index (χ1) is 14.3. The third-order valence-corrected chi connectivity index (χ3v) is 7.16. The first-order valence-electron chi connectivity index (χ1n) is 11.3. The van der Waals surface area contributed by atoms with E-state index in [1.54, 1.807) is 0 Å². The highest BCUT2D eigenvalue weighted by Gasteiger charge is 2.38. The Morgan fingerprint density at radius 2 is 1.90 bits per heavy atom. The Bertz CT molecular complexity index is 736. The van der Waals surface area contributed by atoms with E-state index in [-0.39, 0.29) is 5.92 Å². The van der Waals surface area contributed by atoms with Gasteiger partial charge in [0.25, 0.3) is 0 Å². The van der Waals surface area contributed by atoms with Gasteiger partial charge in [0.2, 0.25) is 11.8 Å². The molecule has 0 aromatic carbocycles. The number of hydrogen-bond donors (Lipinski definition) is 3. The van der Waals surface area contributed by atoms with Crippen LogP contribution in [0.1, 0.15) is 56.2 Å². The summed E-state index contributed by atoms with van der Waals surface area (Å²) in [5.74, 6) is 1.64. The molecule has 0 spiro atoms. The van der Waals surface area contributed by atoms with Gasteiger partial charge in [-0.3, -0.25) is 4.79 Å². The van der Waals surface area contributed by atoms with Crippen LogP contribution in [0.4, 0.5) is 0 Å². The number of aromatic nitrogens is 2. The summed E-state index contributed by atoms with van der Waals surface area (Å²) < 4.78 is 5.97. The Morgan fingerprint density at radius 3 is 2.79 bits per heavy atom. The van der Waals surface area contributed by atoms with E-state index in [2.05, 4.69) is 37.6 Å². The summed E-state index contributed by atoms with van der Waals surface area (Å²) >= 11 is 0. The average Bonchev–Trinajstić information content (AvgIpc) is 3.25. The van der Waals surface area contributed by atoms with Crippen molar-refractivity contribution >= 4 is 5.91 Å². The Balaban J connectivity index is 1.08. The van der Waals surface area contributed by atoms with Crippen molar-refractivity contribution in [2.24, 2.45) is 11.8 Å². The molecule has 3 atom stereocenters. The maximum Gasteiger partial charge on any atom is 0.233 e. The number of nitrogens with one attached hydrogen (secondary N) is 3. The molecule has 1 saturated carbocycles. The van der Waals surface area contributed by atoms with Crippen molar-refractivity contribution in [3.63, 3.8) is 0 Å². The third-order valence-electron chi connectivity index (χ3n) is 7.16. The van der Waals surface area contributed by atoms with Gasteiger partial charge in [0.05, 0.1) is 12.3 Å². The summed E-state index contributed by atoms with van der Waals surface area (Å²) in [5.41, 5.74) is 11.9. The van der Waals surface area contributed by atoms with Crippen molar-refractivity contribution < 1.29 is 9.53 Å². The van der Waals surface area contributed by atoms with Gasteiger partial charge in [0, 0.05) is 37.2 Å². The summed E-state index contributed by atoms with van der Waals surface area (Å²) in [6, 6.07) is 2.90. The predicted molar refractivity (Wildman–Crippen MR) is 108 cm³/mol. The number of amides is 1. The van der Waals surface area contributed by atoms with E-state index in [1.165, 1.54) is 18.4 Å². The van der Waals surface area contributed by atoms with Crippen LogP contribution in [0.5, 0.6) is 5.88 Å². The van der Waals surface area contributed by atoms with E-state index in [0.29, 0.717) is 36.4 Å². The molecule has 1 aromatic rings. The van der Waals surface area contributed by atoms with Gasteiger partial charge >= 0.3 is 0 Å². The van der Waals surface area contributed by atoms with Crippen molar-refractivity contribution in [2.45, 2.75) is 69.9 Å². The van der Waals surface area contributed by atoms with Crippen LogP contribution in [0.3, 0.4) is 0 Å². The van der Waals surface area contributed by atoms with Gasteiger partial charge in [-0.15, -0.1) is 5.10 Å². The summed E-state index contributed by atoms with van der Waals surface area (Å²) in [5, 5.41) is 8.61. The van der Waals surface area contributed by atoms with Gasteiger partial charge in [-0.1, -0.05) is 0 Å². The number of nitrogens with zero attached hydrogens (tertiary/aromatic N) is 3. The molecule has 29 heavy (non-hydrogen) atoms. The number of carbonyl (C=O) groups is 1. The highest BCUT2D eigenvalue weighted by Crippen LogP contribution is 2.29. The standard InChI is InChI=1S/C21H32N6O2/c28-21(16-5-6-18-19(11-16)24-26-23-18)27-9-7-14(8-10-27)13-29-20-12-15-3-1-2-4-17(15)22-25-20/h12,14,16,18-19,23-24,26H,1-11,13H2. The first-order valence-corrected chi connectivity index (χ1v) is 11.3. The van der Waals surface area contributed by atoms with Crippen LogP contribution >= 0.6 is 0 Å². The number of aryl methyl sites for hydroxylation is 2. The fourth-order valence-electron chi connectivity index (χ4n) is 5.28. The van der Waals surface area contributed by atoms with Gasteiger partial charge in [0.15, 0.2) is 0 Å². The average molecular weight is 401 g/mol. The normalized spacial score (nSPS) is 29.9. The lowest BCUT2D eigenvalue weighted by Crippen LogP contribution is -2.47. The van der Waals surface area contributed by atoms with Gasteiger partial charge in [-0.2, -0.15) is 10.6 Å². The predicted octanol–water partition coefficient (Wildman–Crippen LogP) is 1.12. The lowest BCUT2D eigenvalue weighted by molar-refractivity contribution is -0.138. The van der Waals surface area contributed by atoms with E-state index in [4.69, 9.17) is 4.74 Å². The minimum Gasteiger partial charge on any atom is -0.476 e. The van der Waals surface area contributed by atoms with E-state index < -0.39 is 0 Å². The number of fused-ring (bicyclic) bond motifs is 2. The molecule has 3 N–H and O–H groups in total. The number of hydrazine groups is 2. The van der Waals surface area contributed by atoms with Gasteiger partial charge in [-0.05, 0) is 69.3 Å². The van der Waals surface area contributed by atoms with Crippen molar-refractivity contribution in [3.05, 3.63) is 17.3 Å². The van der Waals surface area contributed by atoms with Crippen molar-refractivity contribution in [3.8, 4) is 5.88 Å². The largest absolute Gasteiger partial charge is 0.476 e. The molecule has 2 saturated heterocycles. The van der Waals surface area contributed by atoms with Crippen molar-refractivity contribution in [2.75, 3.05) is 19.7 Å². The van der Waals surface area contributed by atoms with Gasteiger partial charge < -0.3 is 9.64 Å². The molecule has 1 aromatic heterocycles. The SMILES string of the molecule is O=C(C1CCC2NNNC2C1)N1CCC(COc2cc3c(nn2)CCCC3)CC1. The van der Waals surface area contributed by atoms with Crippen LogP contribution in [0, 0.1) is 11.8 Å². The number of piperidine rings is 1. The Kier molecular flexibility index (Phi) is 5.65. The zero-order valence-electron chi connectivity index (χ0n) is 17.0. The second kappa shape index (κ2) is 8.53. The molecule has 3 heterocycles. The van der Waals surface area contributed by atoms with Crippen molar-refractivity contribution in [1.29, 1.82) is 0 Å². The summed E-state index contributed by atoms with van der Waals surface area (Å²) in [7, 11) is 0. The van der Waals surface area contributed by atoms with E-state index in [9.17, 15) is 4.79 Å². The zero-order valence-corrected chi connectivity index (χ0v) is 17.0. The molecule has 0 bridgehead atoms. The lowest BCUT2D eigenvalue weighted by atomic mass is 9.82. The van der Waals surface area contributed by atoms with E-state index in [0.717, 1.165) is 63.7 Å². The molecule has 8 heteroatoms. The number of hydrogen-bond acceptors (Lipinski definition) is 7. The fraction of sp³-hybridized carbons (Fsp3) is 0.762. The molecular weight excluding hydrogens is 368 g/mol. The van der Waals surface area contributed by atoms with Gasteiger partial charge in [0.1, 0.15) is 0 Å². The number of likely N-dealkylation sites (tertiary alicyclic amines) is 1. The molecule has 8 nitrogen and oxygen atoms in total. The summed E-state index contributed by atoms with van der Waals surface area (Å²) in [4.78, 5) is 15.1. The molecule has 158 valence electrons. The van der Waals surface area contributed by atoms with Crippen LogP contribution in [-0.4, -0.2) is 52.8 Å². The van der Waals surface area contributed by atoms with Crippen LogP contribution in [0.25, 0.3) is 0 Å². The number of carbonyl (C=O) groups excluding carboxylic acids is 1. The monoisotopic (exact) mass is 400 g/mol. The molecule has 3 unspecified atom stereocenters. The summed E-state index contributed by atoms with van der Waals surface area (Å²) in [6.07, 6.45) is 9.54. The van der Waals surface area contributed by atoms with Crippen LogP contribution in [-0.2, 0) is 17.6 Å². The van der Waals surface area contributed by atoms with Crippen LogP contribution < -0.4 is 21.1 Å². The molecular formula is C21H32N6O2. The second-order valence-electron chi connectivity index (χ2n) is 9.08. The Hall–Kier alpha value is -1.77. The highest BCUT2D eigenvalue weighted by molar-refractivity contribution is 5.79. The van der Waals surface area contributed by atoms with Gasteiger partial charge in [-0.25, -0.2) is 10.9 Å². The quantitative estimate of drug-likeness (QED) is 0.698. The van der Waals surface area contributed by atoms with Crippen LogP contribution in [0.15, 0.2) is 6.07 Å². The van der Waals surface area contributed by atoms with Crippen LogP contribution in [0.2, 0.25) is 0 Å². The van der Waals surface area contributed by atoms with Crippen molar-refractivity contribution in [1.82, 2.24) is 31.5 Å². The fourth-order valence-corrected chi connectivity index (χ4v) is 5.28. The zero-order chi connectivity index (χ0) is 19.6. The highest BCUT2D eigenvalue weighted by atomic mass is 16.5. The second-order valence-corrected chi connectivity index (χ2v) is 9.08. The molecule has 0 radical (unpaired) electrons. The Labute approximate surface area is 172 Å². The minimum absolute atomic E-state index is 0.156. The molecule has 4 aliphatic rings. The maximum absolute atomic E-state index is 13.0. The third kappa shape index (κ3) is 4.25. The topological polar surface area (TPSA) is 91.4 Å². The summed E-state index contributed by atoms with van der Waals surface area (Å²) in [6.45, 7) is 2.36. The number of rotatable bonds is 4. The smallest absolute Gasteiger partial charge is 0.233 e. The molecule has 1 amide bonds. The molecule has 2 aliphatic heterocycles. The van der Waals surface area contributed by atoms with E-state index >= 15 is 0 Å². The Morgan fingerprint density at radius 1 is 1.07 bits per heavy atom. The van der Waals surface area contributed by atoms with E-state index in [1.807, 2.05) is 0 Å². The first kappa shape index (κ1) is 19.2.